The molecule has 4 heteroatoms. The van der Waals surface area contributed by atoms with Gasteiger partial charge in [0.05, 0.1) is 5.69 Å². The third-order valence-corrected chi connectivity index (χ3v) is 2.21. The molecule has 11 heavy (non-hydrogen) atoms. The first-order valence-electron chi connectivity index (χ1n) is 3.39. The molecule has 1 rings (SSSR count). The van der Waals surface area contributed by atoms with Gasteiger partial charge in [0, 0.05) is 6.54 Å². The summed E-state index contributed by atoms with van der Waals surface area (Å²) in [6.07, 6.45) is 0. The van der Waals surface area contributed by atoms with Gasteiger partial charge in [0.1, 0.15) is 16.6 Å². The topological polar surface area (TPSA) is 48.7 Å². The molecule has 58 valence electrons. The van der Waals surface area contributed by atoms with Gasteiger partial charge in [0.2, 0.25) is 0 Å². The van der Waals surface area contributed by atoms with E-state index >= 15 is 0 Å². The lowest BCUT2D eigenvalue weighted by atomic mass is 10.3. The van der Waals surface area contributed by atoms with E-state index in [1.54, 1.807) is 0 Å². The third kappa shape index (κ3) is 1.49. The van der Waals surface area contributed by atoms with Crippen LogP contribution in [0.3, 0.4) is 0 Å². The zero-order valence-electron chi connectivity index (χ0n) is 6.51. The van der Waals surface area contributed by atoms with Gasteiger partial charge in [-0.1, -0.05) is 0 Å². The first-order chi connectivity index (χ1) is 5.29. The van der Waals surface area contributed by atoms with E-state index in [0.717, 1.165) is 17.2 Å². The van der Waals surface area contributed by atoms with E-state index < -0.39 is 0 Å². The maximum atomic E-state index is 8.69. The fraction of sp³-hybridized carbons (Fsp3) is 0.429. The molecule has 0 aromatic carbocycles. The first kappa shape index (κ1) is 8.02. The second-order valence-electron chi connectivity index (χ2n) is 2.11. The smallest absolute Gasteiger partial charge is 0.127 e. The maximum absolute atomic E-state index is 8.69. The van der Waals surface area contributed by atoms with Gasteiger partial charge in [-0.05, 0) is 25.4 Å². The first-order valence-corrected chi connectivity index (χ1v) is 4.17. The number of nitrogens with one attached hydrogen (secondary N) is 1. The molecule has 3 nitrogen and oxygen atoms in total. The number of hydrogen-bond donors (Lipinski definition) is 1. The lowest BCUT2D eigenvalue weighted by Crippen LogP contribution is -1.95. The minimum Gasteiger partial charge on any atom is -0.375 e. The van der Waals surface area contributed by atoms with Crippen molar-refractivity contribution in [3.8, 4) is 6.07 Å². The van der Waals surface area contributed by atoms with Gasteiger partial charge in [-0.2, -0.15) is 9.64 Å². The normalized spacial score (nSPS) is 9.18. The highest BCUT2D eigenvalue weighted by atomic mass is 32.1. The Hall–Kier alpha value is -1.08. The van der Waals surface area contributed by atoms with Crippen LogP contribution in [0.4, 0.5) is 5.00 Å². The van der Waals surface area contributed by atoms with Crippen LogP contribution in [0.2, 0.25) is 0 Å². The van der Waals surface area contributed by atoms with Crippen molar-refractivity contribution in [3.63, 3.8) is 0 Å². The van der Waals surface area contributed by atoms with Crippen LogP contribution in [0, 0.1) is 18.3 Å². The molecular formula is C7H9N3S. The van der Waals surface area contributed by atoms with Crippen molar-refractivity contribution in [2.45, 2.75) is 13.8 Å². The average molecular weight is 167 g/mol. The molecule has 0 saturated carbocycles. The second kappa shape index (κ2) is 3.35. The molecular weight excluding hydrogens is 158 g/mol. The SMILES string of the molecule is CCNc1snc(C)c1C#N. The van der Waals surface area contributed by atoms with E-state index in [1.165, 1.54) is 11.5 Å². The summed E-state index contributed by atoms with van der Waals surface area (Å²) in [6.45, 7) is 4.67. The molecule has 0 fully saturated rings. The van der Waals surface area contributed by atoms with Crippen LogP contribution < -0.4 is 5.32 Å². The van der Waals surface area contributed by atoms with Crippen LogP contribution in [0.25, 0.3) is 0 Å². The van der Waals surface area contributed by atoms with E-state index in [-0.39, 0.29) is 0 Å². The number of hydrogen-bond acceptors (Lipinski definition) is 4. The minimum absolute atomic E-state index is 0.678. The lowest BCUT2D eigenvalue weighted by Gasteiger charge is -1.95. The summed E-state index contributed by atoms with van der Waals surface area (Å²) in [7, 11) is 0. The van der Waals surface area contributed by atoms with Gasteiger partial charge in [-0.3, -0.25) is 0 Å². The Labute approximate surface area is 69.8 Å². The van der Waals surface area contributed by atoms with Gasteiger partial charge >= 0.3 is 0 Å². The van der Waals surface area contributed by atoms with Gasteiger partial charge in [0.25, 0.3) is 0 Å². The summed E-state index contributed by atoms with van der Waals surface area (Å²) in [5.74, 6) is 0. The van der Waals surface area contributed by atoms with Crippen molar-refractivity contribution in [1.82, 2.24) is 4.37 Å². The molecule has 1 N–H and O–H groups in total. The molecule has 1 aromatic rings. The molecule has 0 aliphatic carbocycles. The summed E-state index contributed by atoms with van der Waals surface area (Å²) >= 11 is 1.34. The Balaban J connectivity index is 2.98. The van der Waals surface area contributed by atoms with Gasteiger partial charge < -0.3 is 5.32 Å². The molecule has 0 atom stereocenters. The van der Waals surface area contributed by atoms with Gasteiger partial charge in [-0.15, -0.1) is 0 Å². The van der Waals surface area contributed by atoms with Crippen LogP contribution in [0.1, 0.15) is 18.2 Å². The van der Waals surface area contributed by atoms with E-state index in [1.807, 2.05) is 13.8 Å². The molecule has 0 aliphatic rings. The van der Waals surface area contributed by atoms with Crippen LogP contribution in [0.15, 0.2) is 0 Å². The maximum Gasteiger partial charge on any atom is 0.127 e. The second-order valence-corrected chi connectivity index (χ2v) is 2.89. The molecule has 0 saturated heterocycles. The number of aromatic nitrogens is 1. The van der Waals surface area contributed by atoms with Crippen molar-refractivity contribution in [3.05, 3.63) is 11.3 Å². The quantitative estimate of drug-likeness (QED) is 0.730. The van der Waals surface area contributed by atoms with Crippen molar-refractivity contribution in [1.29, 1.82) is 5.26 Å². The van der Waals surface area contributed by atoms with Crippen LogP contribution in [0.5, 0.6) is 0 Å². The lowest BCUT2D eigenvalue weighted by molar-refractivity contribution is 1.22. The number of anilines is 1. The zero-order chi connectivity index (χ0) is 8.27. The molecule has 0 amide bonds. The van der Waals surface area contributed by atoms with E-state index in [0.29, 0.717) is 5.56 Å². The largest absolute Gasteiger partial charge is 0.375 e. The Morgan fingerprint density at radius 2 is 2.45 bits per heavy atom. The highest BCUT2D eigenvalue weighted by molar-refractivity contribution is 7.10. The number of nitriles is 1. The molecule has 0 spiro atoms. The molecule has 0 bridgehead atoms. The fourth-order valence-corrected chi connectivity index (χ4v) is 1.60. The molecule has 0 radical (unpaired) electrons. The Morgan fingerprint density at radius 3 is 3.00 bits per heavy atom. The molecule has 0 aliphatic heterocycles. The van der Waals surface area contributed by atoms with Crippen molar-refractivity contribution >= 4 is 16.5 Å². The predicted octanol–water partition coefficient (Wildman–Crippen LogP) is 1.75. The minimum atomic E-state index is 0.678. The molecule has 1 aromatic heterocycles. The van der Waals surface area contributed by atoms with Crippen LogP contribution >= 0.6 is 11.5 Å². The monoisotopic (exact) mass is 167 g/mol. The van der Waals surface area contributed by atoms with E-state index in [9.17, 15) is 0 Å². The van der Waals surface area contributed by atoms with E-state index in [4.69, 9.17) is 5.26 Å². The Kier molecular flexibility index (Phi) is 2.44. The summed E-state index contributed by atoms with van der Waals surface area (Å²) in [6, 6.07) is 2.11. The summed E-state index contributed by atoms with van der Waals surface area (Å²) in [4.78, 5) is 0. The summed E-state index contributed by atoms with van der Waals surface area (Å²) in [5.41, 5.74) is 1.49. The van der Waals surface area contributed by atoms with Crippen LogP contribution in [-0.2, 0) is 0 Å². The fourth-order valence-electron chi connectivity index (χ4n) is 0.783. The molecule has 0 unspecified atom stereocenters. The zero-order valence-corrected chi connectivity index (χ0v) is 7.33. The summed E-state index contributed by atoms with van der Waals surface area (Å²) in [5, 5.41) is 12.7. The van der Waals surface area contributed by atoms with Crippen LogP contribution in [-0.4, -0.2) is 10.9 Å². The molecule has 1 heterocycles. The van der Waals surface area contributed by atoms with E-state index in [2.05, 4.69) is 15.8 Å². The number of rotatable bonds is 2. The average Bonchev–Trinajstić information content (AvgIpc) is 2.33. The third-order valence-electron chi connectivity index (χ3n) is 1.31. The van der Waals surface area contributed by atoms with Crippen molar-refractivity contribution < 1.29 is 0 Å². The highest BCUT2D eigenvalue weighted by Crippen LogP contribution is 2.22. The predicted molar refractivity (Wildman–Crippen MR) is 45.7 cm³/mol. The van der Waals surface area contributed by atoms with Crippen molar-refractivity contribution in [2.24, 2.45) is 0 Å². The Bertz CT molecular complexity index is 284. The Morgan fingerprint density at radius 1 is 1.73 bits per heavy atom. The van der Waals surface area contributed by atoms with Gasteiger partial charge in [0.15, 0.2) is 0 Å². The van der Waals surface area contributed by atoms with Crippen molar-refractivity contribution in [2.75, 3.05) is 11.9 Å². The number of aryl methyl sites for hydroxylation is 1. The highest BCUT2D eigenvalue weighted by Gasteiger charge is 2.07. The summed E-state index contributed by atoms with van der Waals surface area (Å²) < 4.78 is 4.06. The van der Waals surface area contributed by atoms with Gasteiger partial charge in [-0.25, -0.2) is 0 Å². The standard InChI is InChI=1S/C7H9N3S/c1-3-9-7-6(4-8)5(2)10-11-7/h9H,3H2,1-2H3. The number of nitrogens with zero attached hydrogens (tertiary/aromatic N) is 2.